The van der Waals surface area contributed by atoms with Gasteiger partial charge in [-0.2, -0.15) is 4.31 Å². The van der Waals surface area contributed by atoms with E-state index < -0.39 is 21.7 Å². The molecular formula is C8H17NO4S. The molecule has 1 rings (SSSR count). The molecule has 1 unspecified atom stereocenters. The average Bonchev–Trinajstić information content (AvgIpc) is 1.99. The zero-order chi connectivity index (χ0) is 11.0. The maximum absolute atomic E-state index is 11.3. The van der Waals surface area contributed by atoms with E-state index in [1.54, 1.807) is 0 Å². The van der Waals surface area contributed by atoms with E-state index in [4.69, 9.17) is 9.84 Å². The molecule has 5 nitrogen and oxygen atoms in total. The highest BCUT2D eigenvalue weighted by atomic mass is 32.2. The highest BCUT2D eigenvalue weighted by Gasteiger charge is 2.36. The van der Waals surface area contributed by atoms with Gasteiger partial charge in [0.2, 0.25) is 10.0 Å². The molecule has 1 aliphatic rings. The number of ether oxygens (including phenoxy) is 1. The first kappa shape index (κ1) is 11.9. The summed E-state index contributed by atoms with van der Waals surface area (Å²) in [5, 5.41) is 8.96. The van der Waals surface area contributed by atoms with Crippen molar-refractivity contribution in [3.8, 4) is 0 Å². The van der Waals surface area contributed by atoms with Crippen LogP contribution in [-0.4, -0.2) is 55.5 Å². The second-order valence-corrected chi connectivity index (χ2v) is 6.22. The maximum atomic E-state index is 11.3. The summed E-state index contributed by atoms with van der Waals surface area (Å²) in [7, 11) is -3.20. The van der Waals surface area contributed by atoms with E-state index in [0.717, 1.165) is 0 Å². The molecule has 0 aromatic heterocycles. The van der Waals surface area contributed by atoms with Crippen molar-refractivity contribution in [3.05, 3.63) is 0 Å². The van der Waals surface area contributed by atoms with Crippen LogP contribution in [0.1, 0.15) is 13.8 Å². The van der Waals surface area contributed by atoms with Gasteiger partial charge in [-0.3, -0.25) is 0 Å². The lowest BCUT2D eigenvalue weighted by Gasteiger charge is -2.40. The van der Waals surface area contributed by atoms with Crippen molar-refractivity contribution in [2.45, 2.75) is 25.6 Å². The van der Waals surface area contributed by atoms with Crippen LogP contribution in [0.2, 0.25) is 0 Å². The lowest BCUT2D eigenvalue weighted by Crippen LogP contribution is -2.55. The summed E-state index contributed by atoms with van der Waals surface area (Å²) < 4.78 is 29.5. The zero-order valence-electron chi connectivity index (χ0n) is 8.73. The molecule has 0 aliphatic carbocycles. The van der Waals surface area contributed by atoms with Crippen molar-refractivity contribution in [2.24, 2.45) is 0 Å². The van der Waals surface area contributed by atoms with Crippen LogP contribution in [0.3, 0.4) is 0 Å². The molecule has 0 aromatic carbocycles. The summed E-state index contributed by atoms with van der Waals surface area (Å²) in [4.78, 5) is 0. The van der Waals surface area contributed by atoms with Crippen LogP contribution >= 0.6 is 0 Å². The Bertz CT molecular complexity index is 298. The summed E-state index contributed by atoms with van der Waals surface area (Å²) in [5.41, 5.74) is -0.533. The smallest absolute Gasteiger partial charge is 0.211 e. The minimum Gasteiger partial charge on any atom is -0.394 e. The molecule has 1 aliphatic heterocycles. The Morgan fingerprint density at radius 2 is 2.14 bits per heavy atom. The Balaban J connectivity index is 2.81. The lowest BCUT2D eigenvalue weighted by atomic mass is 10.1. The topological polar surface area (TPSA) is 66.8 Å². The normalized spacial score (nSPS) is 29.0. The molecule has 0 spiro atoms. The number of hydrogen-bond donors (Lipinski definition) is 1. The van der Waals surface area contributed by atoms with Gasteiger partial charge in [0.15, 0.2) is 0 Å². The van der Waals surface area contributed by atoms with Crippen LogP contribution in [0.15, 0.2) is 0 Å². The molecular weight excluding hydrogens is 206 g/mol. The van der Waals surface area contributed by atoms with Crippen molar-refractivity contribution in [3.63, 3.8) is 0 Å². The van der Waals surface area contributed by atoms with E-state index in [9.17, 15) is 8.42 Å². The van der Waals surface area contributed by atoms with Gasteiger partial charge in [-0.05, 0) is 13.8 Å². The van der Waals surface area contributed by atoms with E-state index in [1.807, 2.05) is 13.8 Å². The lowest BCUT2D eigenvalue weighted by molar-refractivity contribution is -0.131. The van der Waals surface area contributed by atoms with Gasteiger partial charge in [0.05, 0.1) is 24.6 Å². The number of morpholine rings is 1. The van der Waals surface area contributed by atoms with Gasteiger partial charge in [0, 0.05) is 13.1 Å². The predicted octanol–water partition coefficient (Wildman–Crippen LogP) is -0.582. The number of aliphatic hydroxyl groups is 1. The second-order valence-electron chi connectivity index (χ2n) is 4.24. The Labute approximate surface area is 84.7 Å². The van der Waals surface area contributed by atoms with Gasteiger partial charge in [0.25, 0.3) is 0 Å². The van der Waals surface area contributed by atoms with E-state index in [2.05, 4.69) is 0 Å². The standard InChI is InChI=1S/C8H17NO4S/c1-8(2)6-9(14(3,11)12)4-7(5-10)13-8/h7,10H,4-6H2,1-3H3. The van der Waals surface area contributed by atoms with E-state index in [1.165, 1.54) is 10.6 Å². The fraction of sp³-hybridized carbons (Fsp3) is 1.00. The largest absolute Gasteiger partial charge is 0.394 e. The van der Waals surface area contributed by atoms with Gasteiger partial charge >= 0.3 is 0 Å². The van der Waals surface area contributed by atoms with Crippen LogP contribution in [0.5, 0.6) is 0 Å². The van der Waals surface area contributed by atoms with E-state index >= 15 is 0 Å². The first-order valence-electron chi connectivity index (χ1n) is 4.48. The summed E-state index contributed by atoms with van der Waals surface area (Å²) in [6, 6.07) is 0. The van der Waals surface area contributed by atoms with Crippen molar-refractivity contribution in [2.75, 3.05) is 26.0 Å². The Morgan fingerprint density at radius 3 is 2.57 bits per heavy atom. The van der Waals surface area contributed by atoms with Crippen molar-refractivity contribution >= 4 is 10.0 Å². The molecule has 1 N–H and O–H groups in total. The SMILES string of the molecule is CC1(C)CN(S(C)(=O)=O)CC(CO)O1. The fourth-order valence-electron chi connectivity index (χ4n) is 1.59. The summed E-state index contributed by atoms with van der Waals surface area (Å²) in [6.07, 6.45) is 0.747. The fourth-order valence-corrected chi connectivity index (χ4v) is 2.57. The third kappa shape index (κ3) is 2.91. The van der Waals surface area contributed by atoms with Crippen LogP contribution < -0.4 is 0 Å². The van der Waals surface area contributed by atoms with E-state index in [-0.39, 0.29) is 13.2 Å². The number of hydrogen-bond acceptors (Lipinski definition) is 4. The average molecular weight is 223 g/mol. The highest BCUT2D eigenvalue weighted by molar-refractivity contribution is 7.88. The van der Waals surface area contributed by atoms with Gasteiger partial charge in [-0.1, -0.05) is 0 Å². The molecule has 0 saturated carbocycles. The minimum atomic E-state index is -3.20. The van der Waals surface area contributed by atoms with Crippen molar-refractivity contribution < 1.29 is 18.3 Å². The number of aliphatic hydroxyl groups excluding tert-OH is 1. The molecule has 0 radical (unpaired) electrons. The quantitative estimate of drug-likeness (QED) is 0.680. The number of sulfonamides is 1. The Hall–Kier alpha value is -0.170. The third-order valence-corrected chi connectivity index (χ3v) is 3.34. The molecule has 0 bridgehead atoms. The van der Waals surface area contributed by atoms with Crippen LogP contribution in [0.25, 0.3) is 0 Å². The molecule has 84 valence electrons. The van der Waals surface area contributed by atoms with Crippen molar-refractivity contribution in [1.29, 1.82) is 0 Å². The minimum absolute atomic E-state index is 0.157. The molecule has 1 heterocycles. The molecule has 0 amide bonds. The van der Waals surface area contributed by atoms with E-state index in [0.29, 0.717) is 6.54 Å². The summed E-state index contributed by atoms with van der Waals surface area (Å²) in [5.74, 6) is 0. The van der Waals surface area contributed by atoms with Gasteiger partial charge < -0.3 is 9.84 Å². The van der Waals surface area contributed by atoms with Gasteiger partial charge in [-0.25, -0.2) is 8.42 Å². The van der Waals surface area contributed by atoms with Crippen LogP contribution in [0, 0.1) is 0 Å². The first-order chi connectivity index (χ1) is 6.24. The first-order valence-corrected chi connectivity index (χ1v) is 6.33. The van der Waals surface area contributed by atoms with Crippen molar-refractivity contribution in [1.82, 2.24) is 4.31 Å². The zero-order valence-corrected chi connectivity index (χ0v) is 9.54. The van der Waals surface area contributed by atoms with Gasteiger partial charge in [0.1, 0.15) is 0 Å². The number of nitrogens with zero attached hydrogens (tertiary/aromatic N) is 1. The summed E-state index contributed by atoms with van der Waals surface area (Å²) >= 11 is 0. The molecule has 1 saturated heterocycles. The number of rotatable bonds is 2. The van der Waals surface area contributed by atoms with Gasteiger partial charge in [-0.15, -0.1) is 0 Å². The summed E-state index contributed by atoms with van der Waals surface area (Å²) in [6.45, 7) is 4.04. The van der Waals surface area contributed by atoms with Crippen LogP contribution in [0.4, 0.5) is 0 Å². The maximum Gasteiger partial charge on any atom is 0.211 e. The second kappa shape index (κ2) is 3.77. The molecule has 0 aromatic rings. The highest BCUT2D eigenvalue weighted by Crippen LogP contribution is 2.22. The molecule has 1 fully saturated rings. The predicted molar refractivity (Wildman–Crippen MR) is 52.5 cm³/mol. The molecule has 14 heavy (non-hydrogen) atoms. The third-order valence-electron chi connectivity index (χ3n) is 2.12. The molecule has 1 atom stereocenters. The monoisotopic (exact) mass is 223 g/mol. The Kier molecular flexibility index (Phi) is 3.20. The Morgan fingerprint density at radius 1 is 1.57 bits per heavy atom. The van der Waals surface area contributed by atoms with Crippen LogP contribution in [-0.2, 0) is 14.8 Å². The molecule has 6 heteroatoms.